The predicted octanol–water partition coefficient (Wildman–Crippen LogP) is 6.01. The monoisotopic (exact) mass is 454 g/mol. The molecule has 0 saturated carbocycles. The maximum atomic E-state index is 11.7. The van der Waals surface area contributed by atoms with E-state index in [4.69, 9.17) is 0 Å². The number of benzene rings is 3. The molecule has 0 atom stereocenters. The first-order valence-corrected chi connectivity index (χ1v) is 10.1. The Bertz CT molecular complexity index is 1170. The van der Waals surface area contributed by atoms with Gasteiger partial charge in [-0.1, -0.05) is 61.7 Å². The van der Waals surface area contributed by atoms with Crippen molar-refractivity contribution in [2.24, 2.45) is 10.2 Å². The Morgan fingerprint density at radius 1 is 0.647 bits per heavy atom. The second kappa shape index (κ2) is 11.1. The lowest BCUT2D eigenvalue weighted by Gasteiger charge is -2.16. The van der Waals surface area contributed by atoms with Crippen LogP contribution in [0.25, 0.3) is 12.2 Å². The normalized spacial score (nSPS) is 10.8. The van der Waals surface area contributed by atoms with Crippen LogP contribution in [0.5, 0.6) is 0 Å². The standard InChI is InChI=1S/C26H22N4O4/c1-3-19-7-5-9-21(15-19)17-27-29(25(31)32)23-11-13-24(14-12-23)30(26(33)34)28-18-22-10-6-8-20(4-2)16-22/h3-18H,1-2H2,(H,31,32)(H,33,34). The largest absolute Gasteiger partial charge is 0.463 e. The lowest BCUT2D eigenvalue weighted by Crippen LogP contribution is -2.25. The fourth-order valence-electron chi connectivity index (χ4n) is 2.97. The number of carboxylic acid groups (broad SMARTS) is 2. The van der Waals surface area contributed by atoms with Crippen LogP contribution in [-0.2, 0) is 0 Å². The minimum Gasteiger partial charge on any atom is -0.463 e. The SMILES string of the molecule is C=Cc1cccc(C=NN(C(=O)O)c2ccc(N(N=Cc3cccc(C=C)c3)C(=O)O)cc2)c1. The Labute approximate surface area is 196 Å². The van der Waals surface area contributed by atoms with Crippen LogP contribution < -0.4 is 10.0 Å². The highest BCUT2D eigenvalue weighted by molar-refractivity contribution is 5.92. The van der Waals surface area contributed by atoms with Gasteiger partial charge in [0.05, 0.1) is 23.8 Å². The second-order valence-corrected chi connectivity index (χ2v) is 6.94. The van der Waals surface area contributed by atoms with Crippen molar-refractivity contribution < 1.29 is 19.8 Å². The summed E-state index contributed by atoms with van der Waals surface area (Å²) in [7, 11) is 0. The van der Waals surface area contributed by atoms with Gasteiger partial charge in [-0.05, 0) is 58.7 Å². The lowest BCUT2D eigenvalue weighted by atomic mass is 10.1. The quantitative estimate of drug-likeness (QED) is 0.321. The molecule has 170 valence electrons. The molecule has 0 heterocycles. The number of hydrazone groups is 2. The molecule has 0 unspecified atom stereocenters. The van der Waals surface area contributed by atoms with Crippen LogP contribution in [0.2, 0.25) is 0 Å². The van der Waals surface area contributed by atoms with Crippen molar-refractivity contribution in [3.8, 4) is 0 Å². The molecule has 3 rings (SSSR count). The Kier molecular flexibility index (Phi) is 7.70. The van der Waals surface area contributed by atoms with E-state index in [1.54, 1.807) is 24.3 Å². The van der Waals surface area contributed by atoms with Crippen LogP contribution in [-0.4, -0.2) is 34.8 Å². The molecular formula is C26H22N4O4. The first kappa shape index (κ1) is 23.7. The minimum absolute atomic E-state index is 0.236. The van der Waals surface area contributed by atoms with E-state index >= 15 is 0 Å². The smallest absolute Gasteiger partial charge is 0.432 e. The van der Waals surface area contributed by atoms with Crippen LogP contribution in [0.15, 0.2) is 96.2 Å². The van der Waals surface area contributed by atoms with Gasteiger partial charge in [-0.2, -0.15) is 20.2 Å². The molecule has 8 nitrogen and oxygen atoms in total. The topological polar surface area (TPSA) is 106 Å². The van der Waals surface area contributed by atoms with E-state index < -0.39 is 12.2 Å². The maximum Gasteiger partial charge on any atom is 0.432 e. The third-order valence-corrected chi connectivity index (χ3v) is 4.64. The van der Waals surface area contributed by atoms with Crippen molar-refractivity contribution in [2.45, 2.75) is 0 Å². The molecule has 0 aliphatic rings. The van der Waals surface area contributed by atoms with Gasteiger partial charge in [0.2, 0.25) is 0 Å². The molecule has 3 aromatic rings. The first-order chi connectivity index (χ1) is 16.4. The lowest BCUT2D eigenvalue weighted by molar-refractivity contribution is 0.201. The Morgan fingerprint density at radius 2 is 1.00 bits per heavy atom. The third-order valence-electron chi connectivity index (χ3n) is 4.64. The Hall–Kier alpha value is -4.98. The van der Waals surface area contributed by atoms with Crippen LogP contribution in [0.4, 0.5) is 21.0 Å². The average Bonchev–Trinajstić information content (AvgIpc) is 2.85. The number of rotatable bonds is 8. The van der Waals surface area contributed by atoms with E-state index in [1.807, 2.05) is 36.4 Å². The highest BCUT2D eigenvalue weighted by Crippen LogP contribution is 2.22. The van der Waals surface area contributed by atoms with Crippen molar-refractivity contribution in [1.29, 1.82) is 0 Å². The molecule has 0 saturated heterocycles. The van der Waals surface area contributed by atoms with Crippen molar-refractivity contribution in [3.05, 3.63) is 108 Å². The predicted molar refractivity (Wildman–Crippen MR) is 136 cm³/mol. The first-order valence-electron chi connectivity index (χ1n) is 10.1. The molecule has 3 aromatic carbocycles. The number of anilines is 2. The fourth-order valence-corrected chi connectivity index (χ4v) is 2.97. The van der Waals surface area contributed by atoms with Crippen molar-refractivity contribution in [3.63, 3.8) is 0 Å². The molecule has 0 aliphatic heterocycles. The van der Waals surface area contributed by atoms with E-state index in [0.717, 1.165) is 21.1 Å². The number of amides is 2. The van der Waals surface area contributed by atoms with Crippen LogP contribution in [0.3, 0.4) is 0 Å². The van der Waals surface area contributed by atoms with Gasteiger partial charge in [-0.25, -0.2) is 9.59 Å². The molecule has 34 heavy (non-hydrogen) atoms. The third kappa shape index (κ3) is 6.04. The summed E-state index contributed by atoms with van der Waals surface area (Å²) >= 11 is 0. The summed E-state index contributed by atoms with van der Waals surface area (Å²) in [5, 5.41) is 28.9. The number of hydrogen-bond acceptors (Lipinski definition) is 4. The maximum absolute atomic E-state index is 11.7. The van der Waals surface area contributed by atoms with Crippen LogP contribution >= 0.6 is 0 Å². The van der Waals surface area contributed by atoms with Gasteiger partial charge in [0, 0.05) is 0 Å². The summed E-state index contributed by atoms with van der Waals surface area (Å²) in [4.78, 5) is 23.5. The Balaban J connectivity index is 1.83. The van der Waals surface area contributed by atoms with Gasteiger partial charge >= 0.3 is 12.2 Å². The zero-order valence-electron chi connectivity index (χ0n) is 18.2. The fraction of sp³-hybridized carbons (Fsp3) is 0. The highest BCUT2D eigenvalue weighted by Gasteiger charge is 2.16. The van der Waals surface area contributed by atoms with Gasteiger partial charge in [0.15, 0.2) is 0 Å². The molecule has 0 spiro atoms. The molecule has 0 radical (unpaired) electrons. The molecule has 0 aliphatic carbocycles. The molecule has 2 amide bonds. The molecule has 0 aromatic heterocycles. The van der Waals surface area contributed by atoms with Gasteiger partial charge in [0.1, 0.15) is 0 Å². The second-order valence-electron chi connectivity index (χ2n) is 6.94. The number of nitrogens with zero attached hydrogens (tertiary/aromatic N) is 4. The van der Waals surface area contributed by atoms with E-state index in [9.17, 15) is 19.8 Å². The Morgan fingerprint density at radius 3 is 1.32 bits per heavy atom. The summed E-state index contributed by atoms with van der Waals surface area (Å²) in [6.07, 6.45) is 3.61. The van der Waals surface area contributed by atoms with E-state index in [1.165, 1.54) is 36.7 Å². The number of carbonyl (C=O) groups is 2. The molecule has 2 N–H and O–H groups in total. The van der Waals surface area contributed by atoms with Crippen LogP contribution in [0.1, 0.15) is 22.3 Å². The van der Waals surface area contributed by atoms with Gasteiger partial charge in [-0.3, -0.25) is 0 Å². The van der Waals surface area contributed by atoms with E-state index in [0.29, 0.717) is 11.1 Å². The minimum atomic E-state index is -1.29. The summed E-state index contributed by atoms with van der Waals surface area (Å²) in [5.74, 6) is 0. The number of hydrogen-bond donors (Lipinski definition) is 2. The average molecular weight is 454 g/mol. The van der Waals surface area contributed by atoms with E-state index in [2.05, 4.69) is 23.4 Å². The summed E-state index contributed by atoms with van der Waals surface area (Å²) < 4.78 is 0. The molecule has 0 bridgehead atoms. The molecular weight excluding hydrogens is 432 g/mol. The molecule has 8 heteroatoms. The summed E-state index contributed by atoms with van der Waals surface area (Å²) in [6.45, 7) is 7.41. The van der Waals surface area contributed by atoms with Gasteiger partial charge < -0.3 is 10.2 Å². The van der Waals surface area contributed by atoms with Crippen LogP contribution in [0, 0.1) is 0 Å². The molecule has 0 fully saturated rings. The van der Waals surface area contributed by atoms with Crippen molar-refractivity contribution in [2.75, 3.05) is 10.0 Å². The van der Waals surface area contributed by atoms with E-state index in [-0.39, 0.29) is 11.4 Å². The summed E-state index contributed by atoms with van der Waals surface area (Å²) in [6, 6.07) is 20.3. The summed E-state index contributed by atoms with van der Waals surface area (Å²) in [5.41, 5.74) is 3.63. The zero-order chi connectivity index (χ0) is 24.5. The van der Waals surface area contributed by atoms with Crippen molar-refractivity contribution in [1.82, 2.24) is 0 Å². The van der Waals surface area contributed by atoms with Gasteiger partial charge in [0.25, 0.3) is 0 Å². The zero-order valence-corrected chi connectivity index (χ0v) is 18.2. The van der Waals surface area contributed by atoms with Gasteiger partial charge in [-0.15, -0.1) is 0 Å². The van der Waals surface area contributed by atoms with Crippen molar-refractivity contribution >= 4 is 48.1 Å². The highest BCUT2D eigenvalue weighted by atomic mass is 16.4.